The van der Waals surface area contributed by atoms with E-state index in [2.05, 4.69) is 5.32 Å². The van der Waals surface area contributed by atoms with Gasteiger partial charge in [0.15, 0.2) is 0 Å². The Morgan fingerprint density at radius 3 is 2.32 bits per heavy atom. The maximum absolute atomic E-state index is 13.1. The van der Waals surface area contributed by atoms with Crippen LogP contribution in [-0.4, -0.2) is 44.9 Å². The van der Waals surface area contributed by atoms with Crippen molar-refractivity contribution in [2.45, 2.75) is 50.5 Å². The fraction of sp³-hybridized carbons (Fsp3) is 0.455. The Balaban J connectivity index is 1.44. The van der Waals surface area contributed by atoms with Crippen molar-refractivity contribution in [1.29, 1.82) is 0 Å². The van der Waals surface area contributed by atoms with Crippen LogP contribution in [0.25, 0.3) is 0 Å². The standard InChI is InChI=1S/C22H25F3N4O2/c1-27-11-3-6-19(27)13-28(17-7-8-17)20(30)14-29(18-9-10-18)21(31)26-16-5-2-4-15(12-16)22(23,24)25/h2-6,11-12,17-18H,7-10,13-14H2,1H3,(H,26,31). The lowest BCUT2D eigenvalue weighted by Gasteiger charge is -2.28. The number of benzene rings is 1. The number of nitrogens with zero attached hydrogens (tertiary/aromatic N) is 3. The average molecular weight is 434 g/mol. The Morgan fingerprint density at radius 1 is 1.06 bits per heavy atom. The SMILES string of the molecule is Cn1cccc1CN(C(=O)CN(C(=O)Nc1cccc(C(F)(F)F)c1)C1CC1)C1CC1. The molecule has 0 bridgehead atoms. The van der Waals surface area contributed by atoms with Crippen LogP contribution in [0.15, 0.2) is 42.6 Å². The molecular weight excluding hydrogens is 409 g/mol. The number of hydrogen-bond donors (Lipinski definition) is 1. The first-order chi connectivity index (χ1) is 14.7. The molecular formula is C22H25F3N4O2. The highest BCUT2D eigenvalue weighted by Crippen LogP contribution is 2.33. The largest absolute Gasteiger partial charge is 0.416 e. The van der Waals surface area contributed by atoms with Gasteiger partial charge in [-0.05, 0) is 56.0 Å². The van der Waals surface area contributed by atoms with Gasteiger partial charge in [0.2, 0.25) is 5.91 Å². The summed E-state index contributed by atoms with van der Waals surface area (Å²) in [6, 6.07) is 7.95. The number of halogens is 3. The lowest BCUT2D eigenvalue weighted by Crippen LogP contribution is -2.46. The molecule has 4 rings (SSSR count). The first-order valence-corrected chi connectivity index (χ1v) is 10.4. The molecule has 0 saturated heterocycles. The molecule has 2 fully saturated rings. The van der Waals surface area contributed by atoms with Crippen LogP contribution in [0.1, 0.15) is 36.9 Å². The van der Waals surface area contributed by atoms with Gasteiger partial charge < -0.3 is 19.7 Å². The maximum atomic E-state index is 13.1. The molecule has 3 amide bonds. The summed E-state index contributed by atoms with van der Waals surface area (Å²) in [7, 11) is 1.92. The molecule has 2 aliphatic carbocycles. The second kappa shape index (κ2) is 8.28. The third-order valence-corrected chi connectivity index (χ3v) is 5.69. The molecule has 0 aliphatic heterocycles. The zero-order chi connectivity index (χ0) is 22.2. The van der Waals surface area contributed by atoms with Crippen LogP contribution in [0.4, 0.5) is 23.7 Å². The van der Waals surface area contributed by atoms with Crippen molar-refractivity contribution in [1.82, 2.24) is 14.4 Å². The second-order valence-electron chi connectivity index (χ2n) is 8.23. The van der Waals surface area contributed by atoms with Gasteiger partial charge in [0.25, 0.3) is 0 Å². The smallest absolute Gasteiger partial charge is 0.353 e. The summed E-state index contributed by atoms with van der Waals surface area (Å²) in [6.07, 6.45) is 0.875. The van der Waals surface area contributed by atoms with Crippen molar-refractivity contribution < 1.29 is 22.8 Å². The average Bonchev–Trinajstić information content (AvgIpc) is 3.63. The van der Waals surface area contributed by atoms with E-state index in [1.807, 2.05) is 34.8 Å². The van der Waals surface area contributed by atoms with Crippen LogP contribution in [0.3, 0.4) is 0 Å². The number of hydrogen-bond acceptors (Lipinski definition) is 2. The van der Waals surface area contributed by atoms with Crippen molar-refractivity contribution in [3.8, 4) is 0 Å². The highest BCUT2D eigenvalue weighted by atomic mass is 19.4. The predicted molar refractivity (Wildman–Crippen MR) is 109 cm³/mol. The molecule has 0 unspecified atom stereocenters. The Morgan fingerprint density at radius 2 is 1.74 bits per heavy atom. The van der Waals surface area contributed by atoms with Gasteiger partial charge in [-0.2, -0.15) is 13.2 Å². The number of carbonyl (C=O) groups is 2. The fourth-order valence-corrected chi connectivity index (χ4v) is 3.60. The van der Waals surface area contributed by atoms with Crippen LogP contribution in [0.5, 0.6) is 0 Å². The van der Waals surface area contributed by atoms with E-state index >= 15 is 0 Å². The minimum absolute atomic E-state index is 0.0563. The van der Waals surface area contributed by atoms with Gasteiger partial charge in [-0.3, -0.25) is 4.79 Å². The predicted octanol–water partition coefficient (Wildman–Crippen LogP) is 4.23. The highest BCUT2D eigenvalue weighted by molar-refractivity contribution is 5.93. The minimum atomic E-state index is -4.49. The topological polar surface area (TPSA) is 57.6 Å². The van der Waals surface area contributed by atoms with Gasteiger partial charge in [0.1, 0.15) is 6.54 Å². The molecule has 1 heterocycles. The molecule has 6 nitrogen and oxygen atoms in total. The summed E-state index contributed by atoms with van der Waals surface area (Å²) in [6.45, 7) is 0.386. The summed E-state index contributed by atoms with van der Waals surface area (Å²) in [5.41, 5.74) is 0.231. The van der Waals surface area contributed by atoms with E-state index in [9.17, 15) is 22.8 Å². The first kappa shape index (κ1) is 21.3. The highest BCUT2D eigenvalue weighted by Gasteiger charge is 2.38. The van der Waals surface area contributed by atoms with E-state index in [4.69, 9.17) is 0 Å². The van der Waals surface area contributed by atoms with E-state index in [1.165, 1.54) is 17.0 Å². The molecule has 31 heavy (non-hydrogen) atoms. The molecule has 2 saturated carbocycles. The minimum Gasteiger partial charge on any atom is -0.353 e. The zero-order valence-corrected chi connectivity index (χ0v) is 17.2. The van der Waals surface area contributed by atoms with E-state index in [0.29, 0.717) is 6.54 Å². The molecule has 1 aromatic heterocycles. The van der Waals surface area contributed by atoms with Gasteiger partial charge >= 0.3 is 12.2 Å². The van der Waals surface area contributed by atoms with Crippen molar-refractivity contribution >= 4 is 17.6 Å². The molecule has 2 aromatic rings. The Labute approximate surface area is 178 Å². The Hall–Kier alpha value is -2.97. The van der Waals surface area contributed by atoms with Crippen LogP contribution >= 0.6 is 0 Å². The van der Waals surface area contributed by atoms with Crippen LogP contribution in [0.2, 0.25) is 0 Å². The second-order valence-corrected chi connectivity index (χ2v) is 8.23. The number of anilines is 1. The van der Waals surface area contributed by atoms with Gasteiger partial charge in [-0.25, -0.2) is 4.79 Å². The number of carbonyl (C=O) groups excluding carboxylic acids is 2. The summed E-state index contributed by atoms with van der Waals surface area (Å²) < 4.78 is 40.8. The molecule has 0 spiro atoms. The molecule has 2 aliphatic rings. The molecule has 1 N–H and O–H groups in total. The molecule has 9 heteroatoms. The normalized spacial score (nSPS) is 16.1. The van der Waals surface area contributed by atoms with E-state index in [1.54, 1.807) is 0 Å². The monoisotopic (exact) mass is 434 g/mol. The van der Waals surface area contributed by atoms with Crippen LogP contribution in [0, 0.1) is 0 Å². The molecule has 166 valence electrons. The molecule has 0 atom stereocenters. The molecule has 1 aromatic carbocycles. The maximum Gasteiger partial charge on any atom is 0.416 e. The Bertz CT molecular complexity index is 964. The van der Waals surface area contributed by atoms with Crippen molar-refractivity contribution in [2.75, 3.05) is 11.9 Å². The summed E-state index contributed by atoms with van der Waals surface area (Å²) in [4.78, 5) is 29.2. The van der Waals surface area contributed by atoms with Crippen LogP contribution in [-0.2, 0) is 24.6 Å². The number of alkyl halides is 3. The van der Waals surface area contributed by atoms with Gasteiger partial charge in [0.05, 0.1) is 12.1 Å². The van der Waals surface area contributed by atoms with Gasteiger partial charge in [-0.15, -0.1) is 0 Å². The Kier molecular flexibility index (Phi) is 5.68. The van der Waals surface area contributed by atoms with E-state index < -0.39 is 17.8 Å². The number of rotatable bonds is 7. The molecule has 0 radical (unpaired) electrons. The number of urea groups is 1. The third-order valence-electron chi connectivity index (χ3n) is 5.69. The van der Waals surface area contributed by atoms with Crippen molar-refractivity contribution in [3.05, 3.63) is 53.9 Å². The van der Waals surface area contributed by atoms with Gasteiger partial charge in [-0.1, -0.05) is 6.07 Å². The fourth-order valence-electron chi connectivity index (χ4n) is 3.60. The number of amides is 3. The van der Waals surface area contributed by atoms with E-state index in [-0.39, 0.29) is 30.2 Å². The lowest BCUT2D eigenvalue weighted by atomic mass is 10.2. The number of nitrogens with one attached hydrogen (secondary N) is 1. The third kappa shape index (κ3) is 5.21. The number of aromatic nitrogens is 1. The number of aryl methyl sites for hydroxylation is 1. The summed E-state index contributed by atoms with van der Waals surface area (Å²) in [5, 5.41) is 2.53. The van der Waals surface area contributed by atoms with E-state index in [0.717, 1.165) is 43.5 Å². The summed E-state index contributed by atoms with van der Waals surface area (Å²) in [5.74, 6) is -0.144. The first-order valence-electron chi connectivity index (χ1n) is 10.4. The lowest BCUT2D eigenvalue weighted by molar-refractivity contribution is -0.137. The quantitative estimate of drug-likeness (QED) is 0.709. The van der Waals surface area contributed by atoms with Crippen molar-refractivity contribution in [3.63, 3.8) is 0 Å². The van der Waals surface area contributed by atoms with Crippen LogP contribution < -0.4 is 5.32 Å². The van der Waals surface area contributed by atoms with Crippen molar-refractivity contribution in [2.24, 2.45) is 7.05 Å². The summed E-state index contributed by atoms with van der Waals surface area (Å²) >= 11 is 0. The van der Waals surface area contributed by atoms with Gasteiger partial charge in [0, 0.05) is 36.7 Å². The zero-order valence-electron chi connectivity index (χ0n) is 17.2.